The number of fused-ring (bicyclic) bond motifs is 1. The lowest BCUT2D eigenvalue weighted by molar-refractivity contribution is 1.11. The van der Waals surface area contributed by atoms with Gasteiger partial charge in [0.2, 0.25) is 0 Å². The van der Waals surface area contributed by atoms with Crippen molar-refractivity contribution in [2.24, 2.45) is 5.73 Å². The summed E-state index contributed by atoms with van der Waals surface area (Å²) in [7, 11) is 0. The molecule has 2 rings (SSSR count). The molecule has 0 bridgehead atoms. The fourth-order valence-electron chi connectivity index (χ4n) is 1.22. The second-order valence-corrected chi connectivity index (χ2v) is 4.63. The number of thiophene rings is 1. The van der Waals surface area contributed by atoms with Crippen LogP contribution in [0.3, 0.4) is 0 Å². The molecule has 2 aromatic rings. The molecule has 0 saturated carbocycles. The minimum Gasteiger partial charge on any atom is -0.326 e. The second-order valence-electron chi connectivity index (χ2n) is 2.68. The molecular formula is C9H7Cl2NS. The van der Waals surface area contributed by atoms with Gasteiger partial charge in [-0.25, -0.2) is 0 Å². The lowest BCUT2D eigenvalue weighted by Gasteiger charge is -1.90. The Kier molecular flexibility index (Phi) is 2.47. The van der Waals surface area contributed by atoms with E-state index in [9.17, 15) is 0 Å². The molecule has 1 aromatic carbocycles. The summed E-state index contributed by atoms with van der Waals surface area (Å²) in [6.45, 7) is 0.482. The molecule has 4 heteroatoms. The van der Waals surface area contributed by atoms with Gasteiger partial charge in [0.25, 0.3) is 0 Å². The molecule has 0 amide bonds. The highest BCUT2D eigenvalue weighted by Crippen LogP contribution is 2.36. The molecule has 2 N–H and O–H groups in total. The summed E-state index contributed by atoms with van der Waals surface area (Å²) >= 11 is 13.5. The Morgan fingerprint density at radius 3 is 2.77 bits per heavy atom. The number of rotatable bonds is 1. The summed E-state index contributed by atoms with van der Waals surface area (Å²) in [6.07, 6.45) is 0. The zero-order valence-electron chi connectivity index (χ0n) is 6.68. The molecule has 68 valence electrons. The van der Waals surface area contributed by atoms with Crippen molar-refractivity contribution in [3.63, 3.8) is 0 Å². The largest absolute Gasteiger partial charge is 0.326 e. The van der Waals surface area contributed by atoms with Crippen molar-refractivity contribution in [2.75, 3.05) is 0 Å². The van der Waals surface area contributed by atoms with Crippen LogP contribution < -0.4 is 5.73 Å². The van der Waals surface area contributed by atoms with Gasteiger partial charge in [0.05, 0.1) is 5.02 Å². The van der Waals surface area contributed by atoms with E-state index in [0.717, 1.165) is 25.0 Å². The first-order valence-electron chi connectivity index (χ1n) is 3.79. The minimum atomic E-state index is 0.482. The summed E-state index contributed by atoms with van der Waals surface area (Å²) in [5.41, 5.74) is 5.55. The highest BCUT2D eigenvalue weighted by atomic mass is 35.5. The smallest absolute Gasteiger partial charge is 0.0636 e. The van der Waals surface area contributed by atoms with Gasteiger partial charge in [-0.15, -0.1) is 11.3 Å². The second kappa shape index (κ2) is 3.46. The zero-order valence-corrected chi connectivity index (χ0v) is 9.01. The lowest BCUT2D eigenvalue weighted by Crippen LogP contribution is -1.92. The number of hydrogen-bond donors (Lipinski definition) is 1. The van der Waals surface area contributed by atoms with Crippen molar-refractivity contribution in [1.29, 1.82) is 0 Å². The van der Waals surface area contributed by atoms with E-state index in [-0.39, 0.29) is 0 Å². The van der Waals surface area contributed by atoms with Crippen molar-refractivity contribution < 1.29 is 0 Å². The Balaban J connectivity index is 2.76. The van der Waals surface area contributed by atoms with E-state index in [1.165, 1.54) is 0 Å². The van der Waals surface area contributed by atoms with Gasteiger partial charge in [0.1, 0.15) is 0 Å². The van der Waals surface area contributed by atoms with Gasteiger partial charge in [0.15, 0.2) is 0 Å². The third kappa shape index (κ3) is 1.55. The highest BCUT2D eigenvalue weighted by Gasteiger charge is 2.08. The predicted octanol–water partition coefficient (Wildman–Crippen LogP) is 3.67. The Bertz CT molecular complexity index is 450. The molecule has 0 radical (unpaired) electrons. The van der Waals surface area contributed by atoms with Crippen LogP contribution in [0.15, 0.2) is 18.2 Å². The summed E-state index contributed by atoms with van der Waals surface area (Å²) < 4.78 is 1.10. The van der Waals surface area contributed by atoms with Crippen LogP contribution in [-0.4, -0.2) is 0 Å². The van der Waals surface area contributed by atoms with Crippen molar-refractivity contribution >= 4 is 44.6 Å². The van der Waals surface area contributed by atoms with Crippen molar-refractivity contribution in [2.45, 2.75) is 6.54 Å². The topological polar surface area (TPSA) is 26.0 Å². The number of benzene rings is 1. The van der Waals surface area contributed by atoms with E-state index < -0.39 is 0 Å². The van der Waals surface area contributed by atoms with Crippen molar-refractivity contribution in [1.82, 2.24) is 0 Å². The van der Waals surface area contributed by atoms with E-state index in [1.807, 2.05) is 18.2 Å². The molecule has 0 unspecified atom stereocenters. The quantitative estimate of drug-likeness (QED) is 0.797. The van der Waals surface area contributed by atoms with Crippen molar-refractivity contribution in [3.8, 4) is 0 Å². The van der Waals surface area contributed by atoms with Crippen LogP contribution >= 0.6 is 34.5 Å². The first-order chi connectivity index (χ1) is 6.22. The van der Waals surface area contributed by atoms with Gasteiger partial charge >= 0.3 is 0 Å². The van der Waals surface area contributed by atoms with E-state index in [0.29, 0.717) is 6.54 Å². The molecule has 1 nitrogen and oxygen atoms in total. The van der Waals surface area contributed by atoms with E-state index >= 15 is 0 Å². The molecule has 0 aliphatic carbocycles. The number of hydrogen-bond acceptors (Lipinski definition) is 2. The normalized spacial score (nSPS) is 11.0. The van der Waals surface area contributed by atoms with Crippen LogP contribution in [0.1, 0.15) is 4.88 Å². The predicted molar refractivity (Wildman–Crippen MR) is 59.7 cm³/mol. The Labute approximate surface area is 90.1 Å². The maximum Gasteiger partial charge on any atom is 0.0636 e. The molecule has 0 fully saturated rings. The van der Waals surface area contributed by atoms with Crippen LogP contribution in [0.25, 0.3) is 10.1 Å². The Morgan fingerprint density at radius 1 is 1.31 bits per heavy atom. The van der Waals surface area contributed by atoms with E-state index in [2.05, 4.69) is 0 Å². The molecule has 13 heavy (non-hydrogen) atoms. The van der Waals surface area contributed by atoms with Gasteiger partial charge in [-0.05, 0) is 12.1 Å². The highest BCUT2D eigenvalue weighted by molar-refractivity contribution is 7.19. The van der Waals surface area contributed by atoms with Crippen LogP contribution in [0, 0.1) is 0 Å². The van der Waals surface area contributed by atoms with Crippen LogP contribution in [0.4, 0.5) is 0 Å². The molecule has 0 spiro atoms. The monoisotopic (exact) mass is 231 g/mol. The zero-order chi connectivity index (χ0) is 9.42. The van der Waals surface area contributed by atoms with Crippen LogP contribution in [0.2, 0.25) is 10.0 Å². The Morgan fingerprint density at radius 2 is 2.08 bits per heavy atom. The van der Waals surface area contributed by atoms with Gasteiger partial charge in [-0.2, -0.15) is 0 Å². The fourth-order valence-corrected chi connectivity index (χ4v) is 2.89. The SMILES string of the molecule is NCc1sc2cc(Cl)ccc2c1Cl. The number of halogens is 2. The summed E-state index contributed by atoms with van der Waals surface area (Å²) in [4.78, 5) is 1.01. The minimum absolute atomic E-state index is 0.482. The van der Waals surface area contributed by atoms with Gasteiger partial charge < -0.3 is 5.73 Å². The van der Waals surface area contributed by atoms with E-state index in [1.54, 1.807) is 11.3 Å². The molecule has 1 aromatic heterocycles. The average molecular weight is 232 g/mol. The van der Waals surface area contributed by atoms with Gasteiger partial charge in [0, 0.05) is 26.5 Å². The van der Waals surface area contributed by atoms with Gasteiger partial charge in [-0.3, -0.25) is 0 Å². The summed E-state index contributed by atoms with van der Waals surface area (Å²) in [6, 6.07) is 5.67. The van der Waals surface area contributed by atoms with Crippen molar-refractivity contribution in [3.05, 3.63) is 33.1 Å². The summed E-state index contributed by atoms with van der Waals surface area (Å²) in [5.74, 6) is 0. The summed E-state index contributed by atoms with van der Waals surface area (Å²) in [5, 5.41) is 2.53. The molecule has 0 aliphatic heterocycles. The van der Waals surface area contributed by atoms with E-state index in [4.69, 9.17) is 28.9 Å². The maximum atomic E-state index is 6.10. The third-order valence-corrected chi connectivity index (χ3v) is 3.80. The standard InChI is InChI=1S/C9H7Cl2NS/c10-5-1-2-6-7(3-5)13-8(4-12)9(6)11/h1-3H,4,12H2. The Hall–Kier alpha value is -0.280. The molecule has 1 heterocycles. The van der Waals surface area contributed by atoms with Crippen LogP contribution in [0.5, 0.6) is 0 Å². The number of nitrogens with two attached hydrogens (primary N) is 1. The molecular weight excluding hydrogens is 225 g/mol. The first-order valence-corrected chi connectivity index (χ1v) is 5.36. The molecule has 0 aliphatic rings. The third-order valence-electron chi connectivity index (χ3n) is 1.84. The first kappa shape index (κ1) is 9.28. The van der Waals surface area contributed by atoms with Crippen LogP contribution in [-0.2, 0) is 6.54 Å². The fraction of sp³-hybridized carbons (Fsp3) is 0.111. The van der Waals surface area contributed by atoms with Gasteiger partial charge in [-0.1, -0.05) is 29.3 Å². The average Bonchev–Trinajstić information content (AvgIpc) is 2.42. The molecule has 0 saturated heterocycles. The maximum absolute atomic E-state index is 6.10. The lowest BCUT2D eigenvalue weighted by atomic mass is 10.2. The molecule has 0 atom stereocenters.